The Kier molecular flexibility index (Phi) is 7.30. The Morgan fingerprint density at radius 2 is 1.33 bits per heavy atom. The third-order valence-electron chi connectivity index (χ3n) is 3.93. The molecule has 2 rings (SSSR count). The molecule has 166 valence electrons. The molecular formula is C20H29N3O4S3. The second-order valence-electron chi connectivity index (χ2n) is 8.59. The van der Waals surface area contributed by atoms with Crippen molar-refractivity contribution in [2.45, 2.75) is 59.6 Å². The van der Waals surface area contributed by atoms with Gasteiger partial charge in [-0.05, 0) is 62.4 Å². The quantitative estimate of drug-likeness (QED) is 0.508. The highest BCUT2D eigenvalue weighted by molar-refractivity contribution is 8.00. The summed E-state index contributed by atoms with van der Waals surface area (Å²) >= 11 is 1.67. The average Bonchev–Trinajstić information content (AvgIpc) is 2.59. The summed E-state index contributed by atoms with van der Waals surface area (Å²) in [6.45, 7) is 10.1. The number of hydrogen-bond acceptors (Lipinski definition) is 6. The topological polar surface area (TPSA) is 118 Å². The third kappa shape index (κ3) is 7.59. The maximum Gasteiger partial charge on any atom is 0.240 e. The van der Waals surface area contributed by atoms with E-state index in [2.05, 4.69) is 30.8 Å². The smallest absolute Gasteiger partial charge is 0.240 e. The standard InChI is InChI=1S/C20H29N3O4S3/c1-19(2,3)28-16-8-12-18(13-9-16)30(26,27)22-14-20(4,5)23-15-6-10-17(11-7-15)29(21,24)25/h6-13,22-23H,14H2,1-5H3,(H2,21,24,25). The summed E-state index contributed by atoms with van der Waals surface area (Å²) in [5.41, 5.74) is 0.0215. The van der Waals surface area contributed by atoms with E-state index in [-0.39, 0.29) is 21.1 Å². The molecule has 0 aliphatic rings. The highest BCUT2D eigenvalue weighted by Gasteiger charge is 2.23. The Morgan fingerprint density at radius 1 is 0.833 bits per heavy atom. The predicted molar refractivity (Wildman–Crippen MR) is 123 cm³/mol. The van der Waals surface area contributed by atoms with Gasteiger partial charge < -0.3 is 5.32 Å². The van der Waals surface area contributed by atoms with Gasteiger partial charge in [-0.15, -0.1) is 11.8 Å². The largest absolute Gasteiger partial charge is 0.379 e. The zero-order chi connectivity index (χ0) is 22.8. The second-order valence-corrected chi connectivity index (χ2v) is 13.8. The fourth-order valence-electron chi connectivity index (χ4n) is 2.56. The van der Waals surface area contributed by atoms with Crippen LogP contribution in [0.4, 0.5) is 5.69 Å². The van der Waals surface area contributed by atoms with Crippen LogP contribution in [0.1, 0.15) is 34.6 Å². The van der Waals surface area contributed by atoms with Gasteiger partial charge in [0.25, 0.3) is 0 Å². The molecule has 2 aromatic carbocycles. The van der Waals surface area contributed by atoms with Crippen molar-refractivity contribution in [3.8, 4) is 0 Å². The van der Waals surface area contributed by atoms with Crippen molar-refractivity contribution in [2.75, 3.05) is 11.9 Å². The Labute approximate surface area is 183 Å². The molecule has 0 fully saturated rings. The number of hydrogen-bond donors (Lipinski definition) is 3. The summed E-state index contributed by atoms with van der Waals surface area (Å²) in [5.74, 6) is 0. The molecule has 0 unspecified atom stereocenters. The molecule has 0 bridgehead atoms. The van der Waals surface area contributed by atoms with E-state index in [1.165, 1.54) is 12.1 Å². The van der Waals surface area contributed by atoms with Gasteiger partial charge in [-0.1, -0.05) is 20.8 Å². The van der Waals surface area contributed by atoms with Crippen molar-refractivity contribution in [1.29, 1.82) is 0 Å². The van der Waals surface area contributed by atoms with Gasteiger partial charge in [-0.3, -0.25) is 0 Å². The number of nitrogens with two attached hydrogens (primary N) is 1. The van der Waals surface area contributed by atoms with E-state index in [1.54, 1.807) is 48.2 Å². The van der Waals surface area contributed by atoms with Crippen LogP contribution >= 0.6 is 11.8 Å². The SMILES string of the molecule is CC(C)(CNS(=O)(=O)c1ccc(SC(C)(C)C)cc1)Nc1ccc(S(N)(=O)=O)cc1. The van der Waals surface area contributed by atoms with Crippen LogP contribution in [0.5, 0.6) is 0 Å². The van der Waals surface area contributed by atoms with Gasteiger partial charge in [0, 0.05) is 27.4 Å². The van der Waals surface area contributed by atoms with Gasteiger partial charge in [-0.25, -0.2) is 26.7 Å². The van der Waals surface area contributed by atoms with E-state index in [0.29, 0.717) is 5.69 Å². The van der Waals surface area contributed by atoms with Crippen molar-refractivity contribution in [3.63, 3.8) is 0 Å². The first-order valence-corrected chi connectivity index (χ1v) is 13.1. The van der Waals surface area contributed by atoms with Crippen molar-refractivity contribution < 1.29 is 16.8 Å². The molecule has 30 heavy (non-hydrogen) atoms. The molecular weight excluding hydrogens is 442 g/mol. The molecule has 10 heteroatoms. The number of nitrogens with one attached hydrogen (secondary N) is 2. The number of thioether (sulfide) groups is 1. The van der Waals surface area contributed by atoms with Gasteiger partial charge in [0.05, 0.1) is 9.79 Å². The van der Waals surface area contributed by atoms with Crippen LogP contribution in [0.3, 0.4) is 0 Å². The first kappa shape index (κ1) is 24.7. The van der Waals surface area contributed by atoms with Crippen LogP contribution in [-0.2, 0) is 20.0 Å². The summed E-state index contributed by atoms with van der Waals surface area (Å²) in [7, 11) is -7.43. The first-order chi connectivity index (χ1) is 13.6. The summed E-state index contributed by atoms with van der Waals surface area (Å²) < 4.78 is 50.7. The third-order valence-corrected chi connectivity index (χ3v) is 7.39. The highest BCUT2D eigenvalue weighted by atomic mass is 32.2. The lowest BCUT2D eigenvalue weighted by molar-refractivity contribution is 0.529. The summed E-state index contributed by atoms with van der Waals surface area (Å²) in [6.07, 6.45) is 0. The van der Waals surface area contributed by atoms with Gasteiger partial charge in [0.1, 0.15) is 0 Å². The molecule has 0 saturated heterocycles. The van der Waals surface area contributed by atoms with Crippen LogP contribution < -0.4 is 15.2 Å². The summed E-state index contributed by atoms with van der Waals surface area (Å²) in [5, 5.41) is 8.29. The van der Waals surface area contributed by atoms with Crippen LogP contribution in [0.2, 0.25) is 0 Å². The molecule has 0 amide bonds. The molecule has 7 nitrogen and oxygen atoms in total. The van der Waals surface area contributed by atoms with Crippen LogP contribution in [0, 0.1) is 0 Å². The van der Waals surface area contributed by atoms with E-state index >= 15 is 0 Å². The lowest BCUT2D eigenvalue weighted by Gasteiger charge is -2.28. The van der Waals surface area contributed by atoms with Gasteiger partial charge in [0.2, 0.25) is 20.0 Å². The maximum absolute atomic E-state index is 12.7. The number of sulfonamides is 2. The molecule has 0 atom stereocenters. The molecule has 0 aliphatic carbocycles. The molecule has 0 spiro atoms. The molecule has 0 heterocycles. The Morgan fingerprint density at radius 3 is 1.80 bits per heavy atom. The predicted octanol–water partition coefficient (Wildman–Crippen LogP) is 3.39. The fraction of sp³-hybridized carbons (Fsp3) is 0.400. The van der Waals surface area contributed by atoms with E-state index in [1.807, 2.05) is 13.8 Å². The molecule has 2 aromatic rings. The Bertz CT molecular complexity index is 1070. The number of rotatable bonds is 8. The lowest BCUT2D eigenvalue weighted by Crippen LogP contribution is -2.44. The Hall–Kier alpha value is -1.59. The maximum atomic E-state index is 12.7. The lowest BCUT2D eigenvalue weighted by atomic mass is 10.1. The molecule has 4 N–H and O–H groups in total. The van der Waals surface area contributed by atoms with E-state index < -0.39 is 25.6 Å². The van der Waals surface area contributed by atoms with E-state index in [0.717, 1.165) is 4.90 Å². The van der Waals surface area contributed by atoms with Gasteiger partial charge in [0.15, 0.2) is 0 Å². The summed E-state index contributed by atoms with van der Waals surface area (Å²) in [6, 6.07) is 12.8. The molecule has 0 aliphatic heterocycles. The highest BCUT2D eigenvalue weighted by Crippen LogP contribution is 2.32. The zero-order valence-electron chi connectivity index (χ0n) is 17.8. The van der Waals surface area contributed by atoms with Crippen LogP contribution in [0.15, 0.2) is 63.2 Å². The second kappa shape index (κ2) is 8.88. The van der Waals surface area contributed by atoms with Gasteiger partial charge in [-0.2, -0.15) is 0 Å². The Balaban J connectivity index is 2.03. The van der Waals surface area contributed by atoms with E-state index in [9.17, 15) is 16.8 Å². The fourth-order valence-corrected chi connectivity index (χ4v) is 5.27. The number of benzene rings is 2. The minimum atomic E-state index is -3.76. The van der Waals surface area contributed by atoms with Crippen LogP contribution in [0.25, 0.3) is 0 Å². The molecule has 0 radical (unpaired) electrons. The minimum Gasteiger partial charge on any atom is -0.379 e. The minimum absolute atomic E-state index is 0.0135. The summed E-state index contributed by atoms with van der Waals surface area (Å²) in [4.78, 5) is 1.22. The van der Waals surface area contributed by atoms with E-state index in [4.69, 9.17) is 5.14 Å². The van der Waals surface area contributed by atoms with Crippen molar-refractivity contribution in [1.82, 2.24) is 4.72 Å². The first-order valence-electron chi connectivity index (χ1n) is 9.27. The van der Waals surface area contributed by atoms with Crippen molar-refractivity contribution >= 4 is 37.5 Å². The number of primary sulfonamides is 1. The van der Waals surface area contributed by atoms with Crippen molar-refractivity contribution in [3.05, 3.63) is 48.5 Å². The van der Waals surface area contributed by atoms with Crippen molar-refractivity contribution in [2.24, 2.45) is 5.14 Å². The zero-order valence-corrected chi connectivity index (χ0v) is 20.2. The average molecular weight is 472 g/mol. The monoisotopic (exact) mass is 471 g/mol. The molecule has 0 saturated carbocycles. The van der Waals surface area contributed by atoms with Gasteiger partial charge >= 0.3 is 0 Å². The molecule has 0 aromatic heterocycles. The normalized spacial score (nSPS) is 13.3. The number of anilines is 1. The van der Waals surface area contributed by atoms with Crippen LogP contribution in [-0.4, -0.2) is 33.7 Å².